The number of hydrazone groups is 1. The molecule has 0 aliphatic carbocycles. The average molecular weight is 430 g/mol. The largest absolute Gasteiger partial charge is 0.489 e. The summed E-state index contributed by atoms with van der Waals surface area (Å²) in [6.45, 7) is 0.525. The summed E-state index contributed by atoms with van der Waals surface area (Å²) in [5.74, 6) is 0.793. The molecule has 4 rings (SSSR count). The minimum absolute atomic E-state index is 0.0541. The van der Waals surface area contributed by atoms with Crippen LogP contribution in [-0.2, 0) is 6.61 Å². The monoisotopic (exact) mass is 430 g/mol. The molecule has 0 unspecified atom stereocenters. The number of benzene rings is 3. The van der Waals surface area contributed by atoms with E-state index >= 15 is 0 Å². The second-order valence-electron chi connectivity index (χ2n) is 6.56. The Kier molecular flexibility index (Phi) is 6.29. The van der Waals surface area contributed by atoms with Crippen LogP contribution in [0.1, 0.15) is 11.1 Å². The molecule has 0 radical (unpaired) electrons. The summed E-state index contributed by atoms with van der Waals surface area (Å²) in [4.78, 5) is 14.8. The molecule has 3 aromatic carbocycles. The van der Waals surface area contributed by atoms with Crippen molar-refractivity contribution in [1.82, 2.24) is 4.98 Å². The Labute approximate surface area is 182 Å². The molecule has 1 N–H and O–H groups in total. The lowest BCUT2D eigenvalue weighted by Gasteiger charge is -2.06. The van der Waals surface area contributed by atoms with Crippen LogP contribution in [0.15, 0.2) is 89.3 Å². The molecule has 7 nitrogen and oxygen atoms in total. The first-order valence-electron chi connectivity index (χ1n) is 9.43. The van der Waals surface area contributed by atoms with Crippen LogP contribution in [0.4, 0.5) is 10.8 Å². The predicted molar refractivity (Wildman–Crippen MR) is 123 cm³/mol. The predicted octanol–water partition coefficient (Wildman–Crippen LogP) is 5.74. The number of rotatable bonds is 8. The van der Waals surface area contributed by atoms with Gasteiger partial charge in [0.05, 0.1) is 16.8 Å². The van der Waals surface area contributed by atoms with Gasteiger partial charge in [0.1, 0.15) is 12.4 Å². The maximum absolute atomic E-state index is 10.8. The van der Waals surface area contributed by atoms with Gasteiger partial charge in [-0.15, -0.1) is 11.3 Å². The number of nitro benzene ring substituents is 1. The summed E-state index contributed by atoms with van der Waals surface area (Å²) in [5, 5.41) is 17.5. The molecule has 31 heavy (non-hydrogen) atoms. The molecule has 0 saturated heterocycles. The van der Waals surface area contributed by atoms with Gasteiger partial charge in [0, 0.05) is 23.1 Å². The second-order valence-corrected chi connectivity index (χ2v) is 7.41. The first-order valence-corrected chi connectivity index (χ1v) is 10.3. The zero-order valence-electron chi connectivity index (χ0n) is 16.3. The van der Waals surface area contributed by atoms with Gasteiger partial charge in [0.2, 0.25) is 5.13 Å². The summed E-state index contributed by atoms with van der Waals surface area (Å²) >= 11 is 1.41. The number of ether oxygens (including phenoxy) is 1. The third-order valence-electron chi connectivity index (χ3n) is 4.38. The number of non-ortho nitro benzene ring substituents is 1. The Morgan fingerprint density at radius 3 is 2.48 bits per heavy atom. The number of thiazole rings is 1. The quantitative estimate of drug-likeness (QED) is 0.219. The van der Waals surface area contributed by atoms with Crippen LogP contribution in [-0.4, -0.2) is 16.1 Å². The van der Waals surface area contributed by atoms with Crippen molar-refractivity contribution in [2.24, 2.45) is 5.10 Å². The van der Waals surface area contributed by atoms with Crippen molar-refractivity contribution in [2.75, 3.05) is 5.43 Å². The Hall–Kier alpha value is -4.04. The summed E-state index contributed by atoms with van der Waals surface area (Å²) in [7, 11) is 0. The standard InChI is InChI=1S/C23H18N4O3S/c28-27(29)20-10-8-19(9-11-20)22-16-31-23(25-22)26-24-14-17-6-12-21(13-7-17)30-15-18-4-2-1-3-5-18/h1-14,16H,15H2,(H,25,26). The molecule has 0 aliphatic heterocycles. The van der Waals surface area contributed by atoms with Crippen LogP contribution in [0.3, 0.4) is 0 Å². The molecular weight excluding hydrogens is 412 g/mol. The smallest absolute Gasteiger partial charge is 0.269 e. The van der Waals surface area contributed by atoms with E-state index in [0.29, 0.717) is 11.7 Å². The van der Waals surface area contributed by atoms with Crippen LogP contribution in [0.25, 0.3) is 11.3 Å². The fourth-order valence-corrected chi connectivity index (χ4v) is 3.43. The number of hydrogen-bond donors (Lipinski definition) is 1. The molecule has 0 saturated carbocycles. The number of nitrogens with zero attached hydrogens (tertiary/aromatic N) is 3. The highest BCUT2D eigenvalue weighted by atomic mass is 32.1. The lowest BCUT2D eigenvalue weighted by atomic mass is 10.1. The Morgan fingerprint density at radius 1 is 1.03 bits per heavy atom. The zero-order valence-corrected chi connectivity index (χ0v) is 17.2. The molecule has 0 amide bonds. The van der Waals surface area contributed by atoms with Gasteiger partial charge < -0.3 is 4.74 Å². The summed E-state index contributed by atoms with van der Waals surface area (Å²) < 4.78 is 5.78. The number of hydrogen-bond acceptors (Lipinski definition) is 7. The summed E-state index contributed by atoms with van der Waals surface area (Å²) in [5.41, 5.74) is 6.55. The number of nitro groups is 1. The van der Waals surface area contributed by atoms with E-state index in [0.717, 1.165) is 28.1 Å². The van der Waals surface area contributed by atoms with Gasteiger partial charge in [0.25, 0.3) is 5.69 Å². The van der Waals surface area contributed by atoms with Crippen molar-refractivity contribution in [3.63, 3.8) is 0 Å². The van der Waals surface area contributed by atoms with Gasteiger partial charge in [-0.05, 0) is 47.5 Å². The van der Waals surface area contributed by atoms with Crippen LogP contribution >= 0.6 is 11.3 Å². The van der Waals surface area contributed by atoms with Crippen molar-refractivity contribution in [1.29, 1.82) is 0 Å². The molecule has 0 atom stereocenters. The Balaban J connectivity index is 1.31. The lowest BCUT2D eigenvalue weighted by molar-refractivity contribution is -0.384. The van der Waals surface area contributed by atoms with Crippen LogP contribution in [0.2, 0.25) is 0 Å². The minimum Gasteiger partial charge on any atom is -0.489 e. The lowest BCUT2D eigenvalue weighted by Crippen LogP contribution is -1.95. The maximum atomic E-state index is 10.8. The normalized spacial score (nSPS) is 10.8. The van der Waals surface area contributed by atoms with E-state index < -0.39 is 4.92 Å². The van der Waals surface area contributed by atoms with Crippen molar-refractivity contribution in [3.05, 3.63) is 105 Å². The Morgan fingerprint density at radius 2 is 1.77 bits per heavy atom. The Bertz CT molecular complexity index is 1170. The second kappa shape index (κ2) is 9.64. The highest BCUT2D eigenvalue weighted by Crippen LogP contribution is 2.26. The van der Waals surface area contributed by atoms with Gasteiger partial charge in [0.15, 0.2) is 0 Å². The van der Waals surface area contributed by atoms with E-state index in [-0.39, 0.29) is 5.69 Å². The van der Waals surface area contributed by atoms with E-state index in [1.807, 2.05) is 60.0 Å². The van der Waals surface area contributed by atoms with Crippen LogP contribution < -0.4 is 10.2 Å². The van der Waals surface area contributed by atoms with E-state index in [4.69, 9.17) is 4.74 Å². The zero-order chi connectivity index (χ0) is 21.5. The molecule has 0 spiro atoms. The van der Waals surface area contributed by atoms with E-state index in [2.05, 4.69) is 15.5 Å². The summed E-state index contributed by atoms with van der Waals surface area (Å²) in [6.07, 6.45) is 1.70. The van der Waals surface area contributed by atoms with Gasteiger partial charge in [-0.25, -0.2) is 4.98 Å². The van der Waals surface area contributed by atoms with E-state index in [1.54, 1.807) is 18.3 Å². The minimum atomic E-state index is -0.422. The first-order chi connectivity index (χ1) is 15.2. The molecule has 0 bridgehead atoms. The molecular formula is C23H18N4O3S. The molecule has 0 aliphatic rings. The molecule has 8 heteroatoms. The van der Waals surface area contributed by atoms with Crippen molar-refractivity contribution in [3.8, 4) is 17.0 Å². The molecule has 4 aromatic rings. The fraction of sp³-hybridized carbons (Fsp3) is 0.0435. The van der Waals surface area contributed by atoms with Crippen LogP contribution in [0, 0.1) is 10.1 Å². The third kappa shape index (κ3) is 5.52. The highest BCUT2D eigenvalue weighted by Gasteiger charge is 2.08. The third-order valence-corrected chi connectivity index (χ3v) is 5.13. The van der Waals surface area contributed by atoms with Gasteiger partial charge in [-0.1, -0.05) is 30.3 Å². The SMILES string of the molecule is O=[N+]([O-])c1ccc(-c2csc(NN=Cc3ccc(OCc4ccccc4)cc3)n2)cc1. The van der Waals surface area contributed by atoms with Gasteiger partial charge >= 0.3 is 0 Å². The van der Waals surface area contributed by atoms with Crippen molar-refractivity contribution in [2.45, 2.75) is 6.61 Å². The molecule has 154 valence electrons. The topological polar surface area (TPSA) is 89.7 Å². The van der Waals surface area contributed by atoms with Crippen molar-refractivity contribution >= 4 is 28.4 Å². The fourth-order valence-electron chi connectivity index (χ4n) is 2.76. The molecule has 0 fully saturated rings. The summed E-state index contributed by atoms with van der Waals surface area (Å²) in [6, 6.07) is 24.0. The maximum Gasteiger partial charge on any atom is 0.269 e. The number of aromatic nitrogens is 1. The van der Waals surface area contributed by atoms with Crippen molar-refractivity contribution < 1.29 is 9.66 Å². The molecule has 1 aromatic heterocycles. The van der Waals surface area contributed by atoms with Gasteiger partial charge in [-0.2, -0.15) is 5.10 Å². The highest BCUT2D eigenvalue weighted by molar-refractivity contribution is 7.14. The number of anilines is 1. The average Bonchev–Trinajstić information content (AvgIpc) is 3.28. The molecule has 1 heterocycles. The van der Waals surface area contributed by atoms with Crippen LogP contribution in [0.5, 0.6) is 5.75 Å². The van der Waals surface area contributed by atoms with Gasteiger partial charge in [-0.3, -0.25) is 15.5 Å². The van der Waals surface area contributed by atoms with E-state index in [9.17, 15) is 10.1 Å². The van der Waals surface area contributed by atoms with E-state index in [1.165, 1.54) is 23.5 Å². The number of nitrogens with one attached hydrogen (secondary N) is 1. The first kappa shape index (κ1) is 20.2.